The molecule has 1 radical (unpaired) electrons. The predicted octanol–water partition coefficient (Wildman–Crippen LogP) is 2.15. The molecule has 0 fully saturated rings. The van der Waals surface area contributed by atoms with Crippen LogP contribution in [0.15, 0.2) is 18.2 Å². The first-order valence-corrected chi connectivity index (χ1v) is 4.20. The molecule has 3 heteroatoms. The van der Waals surface area contributed by atoms with Crippen molar-refractivity contribution in [3.8, 4) is 6.07 Å². The number of hydrogen-bond donors (Lipinski definition) is 1. The maximum atomic E-state index is 8.90. The first kappa shape index (κ1) is 10.0. The maximum absolute atomic E-state index is 8.90. The van der Waals surface area contributed by atoms with E-state index in [1.807, 2.05) is 6.07 Å². The standard InChI is InChI=1S/C10H9ClNO/c1-7(6-13)9-4-8(5-12)2-3-10(9)11/h2-4,13H,6H2,1H3. The van der Waals surface area contributed by atoms with E-state index in [2.05, 4.69) is 0 Å². The second-order valence-corrected chi connectivity index (χ2v) is 3.15. The van der Waals surface area contributed by atoms with Gasteiger partial charge in [0.05, 0.1) is 18.2 Å². The van der Waals surface area contributed by atoms with Gasteiger partial charge in [0.2, 0.25) is 0 Å². The Labute approximate surface area is 82.4 Å². The van der Waals surface area contributed by atoms with E-state index in [0.717, 1.165) is 11.5 Å². The highest BCUT2D eigenvalue weighted by molar-refractivity contribution is 6.31. The molecule has 1 aromatic carbocycles. The first-order chi connectivity index (χ1) is 6.19. The van der Waals surface area contributed by atoms with E-state index in [1.54, 1.807) is 25.1 Å². The number of nitrogens with zero attached hydrogens (tertiary/aromatic N) is 1. The zero-order valence-corrected chi connectivity index (χ0v) is 7.97. The Morgan fingerprint density at radius 2 is 2.31 bits per heavy atom. The Bertz CT molecular complexity index is 343. The summed E-state index contributed by atoms with van der Waals surface area (Å²) in [7, 11) is 0. The van der Waals surface area contributed by atoms with Gasteiger partial charge in [-0.15, -0.1) is 0 Å². The van der Waals surface area contributed by atoms with Crippen LogP contribution in [0.4, 0.5) is 0 Å². The molecule has 0 aliphatic rings. The molecule has 0 saturated carbocycles. The summed E-state index contributed by atoms with van der Waals surface area (Å²) in [6.45, 7) is 1.73. The fourth-order valence-electron chi connectivity index (χ4n) is 1.01. The summed E-state index contributed by atoms with van der Waals surface area (Å²) in [5, 5.41) is 18.1. The fraction of sp³-hybridized carbons (Fsp3) is 0.200. The molecule has 0 spiro atoms. The number of aliphatic hydroxyl groups is 1. The lowest BCUT2D eigenvalue weighted by atomic mass is 10.0. The van der Waals surface area contributed by atoms with Crippen LogP contribution in [0.1, 0.15) is 18.1 Å². The molecular formula is C10H9ClNO. The second-order valence-electron chi connectivity index (χ2n) is 2.74. The van der Waals surface area contributed by atoms with Crippen LogP contribution in [0, 0.1) is 17.2 Å². The van der Waals surface area contributed by atoms with Gasteiger partial charge in [-0.1, -0.05) is 18.5 Å². The van der Waals surface area contributed by atoms with Crippen LogP contribution in [-0.2, 0) is 0 Å². The summed E-state index contributed by atoms with van der Waals surface area (Å²) in [5.74, 6) is 0.766. The second kappa shape index (κ2) is 4.27. The maximum Gasteiger partial charge on any atom is 0.0991 e. The largest absolute Gasteiger partial charge is 0.395 e. The van der Waals surface area contributed by atoms with Crippen LogP contribution < -0.4 is 0 Å². The highest BCUT2D eigenvalue weighted by Crippen LogP contribution is 2.24. The third kappa shape index (κ3) is 2.21. The molecule has 0 unspecified atom stereocenters. The Hall–Kier alpha value is -1.04. The van der Waals surface area contributed by atoms with E-state index in [1.165, 1.54) is 0 Å². The van der Waals surface area contributed by atoms with Crippen molar-refractivity contribution < 1.29 is 5.11 Å². The van der Waals surface area contributed by atoms with Crippen molar-refractivity contribution in [1.29, 1.82) is 5.26 Å². The minimum Gasteiger partial charge on any atom is -0.395 e. The number of rotatable bonds is 2. The molecule has 0 atom stereocenters. The van der Waals surface area contributed by atoms with Gasteiger partial charge in [-0.05, 0) is 23.8 Å². The molecule has 1 aromatic rings. The lowest BCUT2D eigenvalue weighted by molar-refractivity contribution is 0.315. The Morgan fingerprint density at radius 1 is 1.62 bits per heavy atom. The summed E-state index contributed by atoms with van der Waals surface area (Å²) in [6.07, 6.45) is 0. The van der Waals surface area contributed by atoms with Crippen LogP contribution in [-0.4, -0.2) is 11.7 Å². The molecule has 2 nitrogen and oxygen atoms in total. The first-order valence-electron chi connectivity index (χ1n) is 3.82. The Kier molecular flexibility index (Phi) is 3.30. The van der Waals surface area contributed by atoms with Crippen molar-refractivity contribution in [2.45, 2.75) is 6.92 Å². The minimum absolute atomic E-state index is 0.0470. The summed E-state index contributed by atoms with van der Waals surface area (Å²) >= 11 is 5.89. The quantitative estimate of drug-likeness (QED) is 0.784. The van der Waals surface area contributed by atoms with E-state index < -0.39 is 0 Å². The van der Waals surface area contributed by atoms with Crippen molar-refractivity contribution in [3.63, 3.8) is 0 Å². The topological polar surface area (TPSA) is 44.0 Å². The fourth-order valence-corrected chi connectivity index (χ4v) is 1.29. The van der Waals surface area contributed by atoms with Crippen LogP contribution >= 0.6 is 11.6 Å². The number of halogens is 1. The van der Waals surface area contributed by atoms with E-state index in [9.17, 15) is 0 Å². The third-order valence-corrected chi connectivity index (χ3v) is 2.12. The van der Waals surface area contributed by atoms with Crippen molar-refractivity contribution in [2.24, 2.45) is 0 Å². The summed E-state index contributed by atoms with van der Waals surface area (Å²) in [5.41, 5.74) is 1.29. The Balaban J connectivity index is 3.12. The monoisotopic (exact) mass is 194 g/mol. The van der Waals surface area contributed by atoms with Crippen molar-refractivity contribution in [3.05, 3.63) is 40.3 Å². The number of aliphatic hydroxyl groups excluding tert-OH is 1. The molecule has 0 aliphatic carbocycles. The van der Waals surface area contributed by atoms with Gasteiger partial charge in [-0.25, -0.2) is 0 Å². The van der Waals surface area contributed by atoms with Gasteiger partial charge >= 0.3 is 0 Å². The van der Waals surface area contributed by atoms with E-state index in [0.29, 0.717) is 10.6 Å². The van der Waals surface area contributed by atoms with Crippen molar-refractivity contribution >= 4 is 11.6 Å². The Morgan fingerprint density at radius 3 is 2.85 bits per heavy atom. The number of benzene rings is 1. The molecule has 0 saturated heterocycles. The third-order valence-electron chi connectivity index (χ3n) is 1.79. The van der Waals surface area contributed by atoms with Gasteiger partial charge < -0.3 is 5.11 Å². The van der Waals surface area contributed by atoms with Gasteiger partial charge in [0, 0.05) is 10.9 Å². The zero-order valence-electron chi connectivity index (χ0n) is 7.21. The molecule has 1 N–H and O–H groups in total. The SMILES string of the molecule is C[C](CO)c1cc(C#N)ccc1Cl. The lowest BCUT2D eigenvalue weighted by Gasteiger charge is -2.09. The van der Waals surface area contributed by atoms with Gasteiger partial charge in [-0.3, -0.25) is 0 Å². The van der Waals surface area contributed by atoms with Crippen LogP contribution in [0.5, 0.6) is 0 Å². The van der Waals surface area contributed by atoms with E-state index in [-0.39, 0.29) is 6.61 Å². The summed E-state index contributed by atoms with van der Waals surface area (Å²) < 4.78 is 0. The van der Waals surface area contributed by atoms with E-state index >= 15 is 0 Å². The molecule has 0 aliphatic heterocycles. The number of hydrogen-bond acceptors (Lipinski definition) is 2. The molecule has 0 amide bonds. The summed E-state index contributed by atoms with van der Waals surface area (Å²) in [6, 6.07) is 7.01. The van der Waals surface area contributed by atoms with E-state index in [4.69, 9.17) is 22.0 Å². The number of nitriles is 1. The normalized spacial score (nSPS) is 10.1. The van der Waals surface area contributed by atoms with Gasteiger partial charge in [0.15, 0.2) is 0 Å². The van der Waals surface area contributed by atoms with Crippen LogP contribution in [0.3, 0.4) is 0 Å². The minimum atomic E-state index is -0.0470. The smallest absolute Gasteiger partial charge is 0.0991 e. The average Bonchev–Trinajstić information content (AvgIpc) is 2.17. The van der Waals surface area contributed by atoms with Crippen molar-refractivity contribution in [2.75, 3.05) is 6.61 Å². The van der Waals surface area contributed by atoms with Gasteiger partial charge in [0.25, 0.3) is 0 Å². The molecule has 13 heavy (non-hydrogen) atoms. The van der Waals surface area contributed by atoms with Crippen molar-refractivity contribution in [1.82, 2.24) is 0 Å². The van der Waals surface area contributed by atoms with Gasteiger partial charge in [0.1, 0.15) is 0 Å². The molecule has 1 rings (SSSR count). The van der Waals surface area contributed by atoms with Gasteiger partial charge in [-0.2, -0.15) is 5.26 Å². The lowest BCUT2D eigenvalue weighted by Crippen LogP contribution is -2.01. The highest BCUT2D eigenvalue weighted by Gasteiger charge is 2.09. The molecule has 0 aromatic heterocycles. The highest BCUT2D eigenvalue weighted by atomic mass is 35.5. The van der Waals surface area contributed by atoms with Crippen LogP contribution in [0.25, 0.3) is 0 Å². The predicted molar refractivity (Wildman–Crippen MR) is 51.3 cm³/mol. The average molecular weight is 195 g/mol. The van der Waals surface area contributed by atoms with Crippen LogP contribution in [0.2, 0.25) is 5.02 Å². The molecule has 0 bridgehead atoms. The summed E-state index contributed by atoms with van der Waals surface area (Å²) in [4.78, 5) is 0. The molecule has 67 valence electrons. The molecular weight excluding hydrogens is 186 g/mol. The molecule has 0 heterocycles. The zero-order chi connectivity index (χ0) is 9.84.